The minimum Gasteiger partial charge on any atom is -0.486 e. The molecule has 1 aliphatic heterocycles. The Morgan fingerprint density at radius 2 is 1.71 bits per heavy atom. The molecular weight excluding hydrogens is 272 g/mol. The fourth-order valence-electron chi connectivity index (χ4n) is 2.98. The van der Waals surface area contributed by atoms with E-state index in [1.54, 1.807) is 20.8 Å². The number of rotatable bonds is 2. The van der Waals surface area contributed by atoms with Crippen LogP contribution in [-0.4, -0.2) is 22.6 Å². The summed E-state index contributed by atoms with van der Waals surface area (Å²) in [6.07, 6.45) is 0. The molecule has 0 saturated heterocycles. The van der Waals surface area contributed by atoms with Crippen molar-refractivity contribution in [2.75, 3.05) is 0 Å². The number of hydrogen-bond acceptors (Lipinski definition) is 4. The number of benzene rings is 1. The largest absolute Gasteiger partial charge is 0.486 e. The van der Waals surface area contributed by atoms with Gasteiger partial charge >= 0.3 is 11.9 Å². The van der Waals surface area contributed by atoms with E-state index < -0.39 is 23.5 Å². The van der Waals surface area contributed by atoms with Gasteiger partial charge in [-0.25, -0.2) is 0 Å². The molecule has 1 aromatic rings. The Morgan fingerprint density at radius 3 is 2.19 bits per heavy atom. The number of esters is 1. The van der Waals surface area contributed by atoms with Crippen molar-refractivity contribution in [3.8, 4) is 11.5 Å². The average molecular weight is 292 g/mol. The molecule has 0 bridgehead atoms. The van der Waals surface area contributed by atoms with Crippen LogP contribution >= 0.6 is 0 Å². The number of fused-ring (bicyclic) bond motifs is 1. The van der Waals surface area contributed by atoms with Crippen LogP contribution in [0, 0.1) is 20.8 Å². The molecule has 0 amide bonds. The average Bonchev–Trinajstić information content (AvgIpc) is 2.63. The molecule has 0 unspecified atom stereocenters. The van der Waals surface area contributed by atoms with E-state index in [1.807, 2.05) is 13.8 Å². The lowest BCUT2D eigenvalue weighted by Gasteiger charge is -2.23. The highest BCUT2D eigenvalue weighted by molar-refractivity contribution is 5.83. The van der Waals surface area contributed by atoms with Gasteiger partial charge < -0.3 is 14.6 Å². The Kier molecular flexibility index (Phi) is 3.48. The van der Waals surface area contributed by atoms with E-state index in [0.29, 0.717) is 22.6 Å². The van der Waals surface area contributed by atoms with Crippen molar-refractivity contribution in [1.82, 2.24) is 0 Å². The van der Waals surface area contributed by atoms with Crippen molar-refractivity contribution >= 4 is 11.9 Å². The minimum absolute atomic E-state index is 0.425. The standard InChI is InChI=1S/C16H20O5/c1-7-8(2)14-11(9(3)13(7)20-10(4)17)12(15(18)19)16(5,6)21-14/h12H,1-6H3,(H,18,19)/t12-/m0/s1. The van der Waals surface area contributed by atoms with Crippen LogP contribution < -0.4 is 9.47 Å². The molecule has 2 rings (SSSR count). The maximum absolute atomic E-state index is 11.7. The molecule has 114 valence electrons. The van der Waals surface area contributed by atoms with Gasteiger partial charge in [0.1, 0.15) is 23.0 Å². The van der Waals surface area contributed by atoms with Gasteiger partial charge in [0.2, 0.25) is 0 Å². The predicted octanol–water partition coefficient (Wildman–Crippen LogP) is 2.88. The van der Waals surface area contributed by atoms with E-state index in [2.05, 4.69) is 0 Å². The Labute approximate surface area is 123 Å². The normalized spacial score (nSPS) is 18.9. The van der Waals surface area contributed by atoms with Gasteiger partial charge in [-0.1, -0.05) is 0 Å². The molecule has 5 heteroatoms. The number of carbonyl (C=O) groups excluding carboxylic acids is 1. The molecule has 1 aliphatic rings. The number of aliphatic carboxylic acids is 1. The second-order valence-electron chi connectivity index (χ2n) is 6.02. The fraction of sp³-hybridized carbons (Fsp3) is 0.500. The molecule has 0 saturated carbocycles. The summed E-state index contributed by atoms with van der Waals surface area (Å²) in [6, 6.07) is 0. The minimum atomic E-state index is -0.945. The van der Waals surface area contributed by atoms with E-state index in [4.69, 9.17) is 9.47 Å². The maximum atomic E-state index is 11.7. The van der Waals surface area contributed by atoms with Crippen molar-refractivity contribution in [2.24, 2.45) is 0 Å². The molecule has 1 N–H and O–H groups in total. The van der Waals surface area contributed by atoms with Crippen LogP contribution in [0.25, 0.3) is 0 Å². The molecular formula is C16H20O5. The van der Waals surface area contributed by atoms with Gasteiger partial charge in [0, 0.05) is 18.1 Å². The molecule has 1 aromatic carbocycles. The van der Waals surface area contributed by atoms with Crippen LogP contribution in [0.1, 0.15) is 48.9 Å². The van der Waals surface area contributed by atoms with Crippen molar-refractivity contribution in [3.05, 3.63) is 22.3 Å². The lowest BCUT2D eigenvalue weighted by Crippen LogP contribution is -2.35. The van der Waals surface area contributed by atoms with Crippen LogP contribution in [0.5, 0.6) is 11.5 Å². The number of ether oxygens (including phenoxy) is 2. The third kappa shape index (κ3) is 2.26. The molecule has 0 fully saturated rings. The Hall–Kier alpha value is -2.04. The highest BCUT2D eigenvalue weighted by atomic mass is 16.5. The first-order valence-corrected chi connectivity index (χ1v) is 6.81. The Balaban J connectivity index is 2.77. The van der Waals surface area contributed by atoms with E-state index in [9.17, 15) is 14.7 Å². The molecule has 0 radical (unpaired) electrons. The topological polar surface area (TPSA) is 72.8 Å². The maximum Gasteiger partial charge on any atom is 0.315 e. The van der Waals surface area contributed by atoms with Gasteiger partial charge in [0.05, 0.1) is 0 Å². The number of carbonyl (C=O) groups is 2. The zero-order valence-electron chi connectivity index (χ0n) is 13.2. The monoisotopic (exact) mass is 292 g/mol. The number of hydrogen-bond donors (Lipinski definition) is 1. The Bertz CT molecular complexity index is 643. The van der Waals surface area contributed by atoms with Crippen LogP contribution in [0.3, 0.4) is 0 Å². The summed E-state index contributed by atoms with van der Waals surface area (Å²) in [4.78, 5) is 23.0. The van der Waals surface area contributed by atoms with Crippen molar-refractivity contribution < 1.29 is 24.2 Å². The van der Waals surface area contributed by atoms with Crippen LogP contribution in [0.15, 0.2) is 0 Å². The third-order valence-corrected chi connectivity index (χ3v) is 4.07. The van der Waals surface area contributed by atoms with E-state index in [1.165, 1.54) is 6.92 Å². The lowest BCUT2D eigenvalue weighted by molar-refractivity contribution is -0.142. The molecule has 21 heavy (non-hydrogen) atoms. The summed E-state index contributed by atoms with van der Waals surface area (Å²) in [5, 5.41) is 9.57. The first kappa shape index (κ1) is 15.4. The van der Waals surface area contributed by atoms with Crippen LogP contribution in [-0.2, 0) is 9.59 Å². The van der Waals surface area contributed by atoms with Crippen LogP contribution in [0.2, 0.25) is 0 Å². The summed E-state index contributed by atoms with van der Waals surface area (Å²) in [6.45, 7) is 10.3. The third-order valence-electron chi connectivity index (χ3n) is 4.07. The van der Waals surface area contributed by atoms with Gasteiger partial charge in [0.15, 0.2) is 0 Å². The highest BCUT2D eigenvalue weighted by Crippen LogP contribution is 2.51. The molecule has 0 aliphatic carbocycles. The molecule has 0 aromatic heterocycles. The summed E-state index contributed by atoms with van der Waals surface area (Å²) < 4.78 is 11.2. The molecule has 0 spiro atoms. The first-order chi connectivity index (χ1) is 9.58. The van der Waals surface area contributed by atoms with Crippen molar-refractivity contribution in [2.45, 2.75) is 53.1 Å². The van der Waals surface area contributed by atoms with Gasteiger partial charge in [-0.05, 0) is 45.7 Å². The predicted molar refractivity (Wildman–Crippen MR) is 77.0 cm³/mol. The van der Waals surface area contributed by atoms with E-state index >= 15 is 0 Å². The molecule has 1 atom stereocenters. The second kappa shape index (κ2) is 4.76. The molecule has 1 heterocycles. The second-order valence-corrected chi connectivity index (χ2v) is 6.02. The number of carboxylic acid groups (broad SMARTS) is 1. The van der Waals surface area contributed by atoms with Gasteiger partial charge in [0.25, 0.3) is 0 Å². The zero-order chi connectivity index (χ0) is 16.1. The number of carboxylic acids is 1. The Morgan fingerprint density at radius 1 is 1.14 bits per heavy atom. The molecule has 5 nitrogen and oxygen atoms in total. The zero-order valence-corrected chi connectivity index (χ0v) is 13.2. The van der Waals surface area contributed by atoms with Crippen LogP contribution in [0.4, 0.5) is 0 Å². The summed E-state index contributed by atoms with van der Waals surface area (Å²) in [7, 11) is 0. The SMILES string of the molecule is CC(=O)Oc1c(C)c(C)c2c(c1C)[C@@H](C(=O)O)C(C)(C)O2. The van der Waals surface area contributed by atoms with Crippen molar-refractivity contribution in [3.63, 3.8) is 0 Å². The summed E-state index contributed by atoms with van der Waals surface area (Å²) in [5.74, 6) is -1.13. The van der Waals surface area contributed by atoms with Gasteiger partial charge in [-0.15, -0.1) is 0 Å². The van der Waals surface area contributed by atoms with Gasteiger partial charge in [-0.3, -0.25) is 9.59 Å². The fourth-order valence-corrected chi connectivity index (χ4v) is 2.98. The van der Waals surface area contributed by atoms with E-state index in [-0.39, 0.29) is 0 Å². The van der Waals surface area contributed by atoms with E-state index in [0.717, 1.165) is 11.1 Å². The first-order valence-electron chi connectivity index (χ1n) is 6.81. The highest BCUT2D eigenvalue weighted by Gasteiger charge is 2.48. The summed E-state index contributed by atoms with van der Waals surface area (Å²) >= 11 is 0. The van der Waals surface area contributed by atoms with Crippen molar-refractivity contribution in [1.29, 1.82) is 0 Å². The lowest BCUT2D eigenvalue weighted by atomic mass is 9.83. The quantitative estimate of drug-likeness (QED) is 0.670. The smallest absolute Gasteiger partial charge is 0.315 e. The summed E-state index contributed by atoms with van der Waals surface area (Å²) in [5.41, 5.74) is 2.02. The van der Waals surface area contributed by atoms with Gasteiger partial charge in [-0.2, -0.15) is 0 Å².